The summed E-state index contributed by atoms with van der Waals surface area (Å²) in [6.45, 7) is 3.43. The van der Waals surface area contributed by atoms with E-state index in [0.717, 1.165) is 11.4 Å². The summed E-state index contributed by atoms with van der Waals surface area (Å²) in [5.41, 5.74) is 0.981. The van der Waals surface area contributed by atoms with Gasteiger partial charge in [-0.05, 0) is 19.1 Å². The summed E-state index contributed by atoms with van der Waals surface area (Å²) in [7, 11) is 0. The van der Waals surface area contributed by atoms with Crippen molar-refractivity contribution in [1.29, 1.82) is 0 Å². The first kappa shape index (κ1) is 20.8. The summed E-state index contributed by atoms with van der Waals surface area (Å²) in [5.74, 6) is 0.158. The molecule has 0 aliphatic carbocycles. The van der Waals surface area contributed by atoms with Crippen LogP contribution >= 0.6 is 0 Å². The number of amides is 3. The van der Waals surface area contributed by atoms with Crippen molar-refractivity contribution in [2.75, 3.05) is 50.8 Å². The third-order valence-corrected chi connectivity index (χ3v) is 3.95. The van der Waals surface area contributed by atoms with E-state index in [4.69, 9.17) is 4.74 Å². The van der Waals surface area contributed by atoms with Gasteiger partial charge in [-0.1, -0.05) is 12.1 Å². The molecule has 1 aromatic carbocycles. The number of hydrogen-bond acceptors (Lipinski definition) is 5. The number of urea groups is 1. The topological polar surface area (TPSA) is 73.9 Å². The van der Waals surface area contributed by atoms with Gasteiger partial charge in [-0.15, -0.1) is 0 Å². The van der Waals surface area contributed by atoms with Gasteiger partial charge in [0, 0.05) is 26.2 Å². The molecular weight excluding hydrogens is 365 g/mol. The number of imide groups is 1. The second-order valence-electron chi connectivity index (χ2n) is 6.01. The molecule has 10 heteroatoms. The lowest BCUT2D eigenvalue weighted by molar-refractivity contribution is -0.125. The van der Waals surface area contributed by atoms with E-state index >= 15 is 0 Å². The lowest BCUT2D eigenvalue weighted by Gasteiger charge is -2.36. The van der Waals surface area contributed by atoms with Gasteiger partial charge in [0.15, 0.2) is 0 Å². The molecule has 2 N–H and O–H groups in total. The molecule has 1 aliphatic heterocycles. The average molecular weight is 388 g/mol. The highest BCUT2D eigenvalue weighted by Gasteiger charge is 2.28. The number of anilines is 1. The normalized spacial score (nSPS) is 15.3. The lowest BCUT2D eigenvalue weighted by atomic mass is 10.2. The molecular formula is C17H23F3N4O3. The van der Waals surface area contributed by atoms with Crippen LogP contribution in [0.4, 0.5) is 23.7 Å². The molecule has 0 radical (unpaired) electrons. The molecule has 0 unspecified atom stereocenters. The number of nitrogens with one attached hydrogen (secondary N) is 2. The lowest BCUT2D eigenvalue weighted by Crippen LogP contribution is -2.51. The fraction of sp³-hybridized carbons (Fsp3) is 0.529. The molecule has 1 saturated heterocycles. The van der Waals surface area contributed by atoms with Crippen molar-refractivity contribution >= 4 is 17.6 Å². The molecule has 0 saturated carbocycles. The molecule has 1 aromatic rings. The first-order valence-corrected chi connectivity index (χ1v) is 8.62. The Balaban J connectivity index is 1.77. The number of hydrogen-bond donors (Lipinski definition) is 2. The number of carbonyl (C=O) groups is 2. The smallest absolute Gasteiger partial charge is 0.405 e. The number of carbonyl (C=O) groups excluding carboxylic acids is 2. The number of para-hydroxylation sites is 2. The highest BCUT2D eigenvalue weighted by molar-refractivity contribution is 5.95. The van der Waals surface area contributed by atoms with Crippen LogP contribution in [-0.2, 0) is 4.79 Å². The van der Waals surface area contributed by atoms with Gasteiger partial charge in [-0.2, -0.15) is 13.2 Å². The van der Waals surface area contributed by atoms with Crippen LogP contribution in [0.3, 0.4) is 0 Å². The number of rotatable bonds is 6. The molecule has 7 nitrogen and oxygen atoms in total. The molecule has 27 heavy (non-hydrogen) atoms. The Labute approximate surface area is 155 Å². The molecule has 1 aliphatic rings. The van der Waals surface area contributed by atoms with Crippen LogP contribution in [0.2, 0.25) is 0 Å². The van der Waals surface area contributed by atoms with Crippen molar-refractivity contribution in [3.8, 4) is 5.75 Å². The molecule has 1 heterocycles. The summed E-state index contributed by atoms with van der Waals surface area (Å²) < 4.78 is 41.7. The maximum atomic E-state index is 12.0. The van der Waals surface area contributed by atoms with E-state index in [-0.39, 0.29) is 6.54 Å². The fourth-order valence-electron chi connectivity index (χ4n) is 2.74. The van der Waals surface area contributed by atoms with E-state index in [1.807, 2.05) is 41.4 Å². The number of halogens is 3. The van der Waals surface area contributed by atoms with Crippen LogP contribution in [0.5, 0.6) is 5.75 Å². The zero-order valence-corrected chi connectivity index (χ0v) is 15.0. The van der Waals surface area contributed by atoms with E-state index in [1.54, 1.807) is 5.32 Å². The molecule has 0 spiro atoms. The molecule has 1 fully saturated rings. The summed E-state index contributed by atoms with van der Waals surface area (Å²) in [6, 6.07) is 6.55. The third-order valence-electron chi connectivity index (χ3n) is 3.95. The Bertz CT molecular complexity index is 647. The third kappa shape index (κ3) is 6.97. The second kappa shape index (κ2) is 9.45. The van der Waals surface area contributed by atoms with Gasteiger partial charge in [-0.3, -0.25) is 15.0 Å². The van der Waals surface area contributed by atoms with E-state index in [9.17, 15) is 22.8 Å². The Morgan fingerprint density at radius 1 is 1.15 bits per heavy atom. The van der Waals surface area contributed by atoms with Gasteiger partial charge in [0.05, 0.1) is 18.8 Å². The minimum absolute atomic E-state index is 0.0552. The largest absolute Gasteiger partial charge is 0.492 e. The molecule has 0 atom stereocenters. The monoisotopic (exact) mass is 388 g/mol. The van der Waals surface area contributed by atoms with Gasteiger partial charge in [0.25, 0.3) is 0 Å². The van der Waals surface area contributed by atoms with Gasteiger partial charge in [0.1, 0.15) is 12.3 Å². The molecule has 2 rings (SSSR count). The number of ether oxygens (including phenoxy) is 1. The van der Waals surface area contributed by atoms with Crippen molar-refractivity contribution in [3.63, 3.8) is 0 Å². The van der Waals surface area contributed by atoms with Gasteiger partial charge < -0.3 is 15.0 Å². The number of nitrogens with zero attached hydrogens (tertiary/aromatic N) is 2. The maximum Gasteiger partial charge on any atom is 0.405 e. The molecule has 0 bridgehead atoms. The fourth-order valence-corrected chi connectivity index (χ4v) is 2.74. The van der Waals surface area contributed by atoms with Crippen molar-refractivity contribution in [3.05, 3.63) is 24.3 Å². The second-order valence-corrected chi connectivity index (χ2v) is 6.01. The predicted octanol–water partition coefficient (Wildman–Crippen LogP) is 1.60. The summed E-state index contributed by atoms with van der Waals surface area (Å²) in [4.78, 5) is 27.1. The quantitative estimate of drug-likeness (QED) is 0.775. The number of alkyl halides is 3. The van der Waals surface area contributed by atoms with Crippen LogP contribution in [-0.4, -0.2) is 68.9 Å². The van der Waals surface area contributed by atoms with Crippen LogP contribution in [0.15, 0.2) is 24.3 Å². The molecule has 3 amide bonds. The average Bonchev–Trinajstić information content (AvgIpc) is 2.61. The predicted molar refractivity (Wildman–Crippen MR) is 93.9 cm³/mol. The zero-order valence-electron chi connectivity index (χ0n) is 15.0. The first-order valence-electron chi connectivity index (χ1n) is 8.62. The van der Waals surface area contributed by atoms with Crippen LogP contribution in [0, 0.1) is 0 Å². The minimum Gasteiger partial charge on any atom is -0.492 e. The zero-order chi connectivity index (χ0) is 19.9. The van der Waals surface area contributed by atoms with Crippen molar-refractivity contribution in [1.82, 2.24) is 15.5 Å². The van der Waals surface area contributed by atoms with E-state index in [1.165, 1.54) is 0 Å². The summed E-state index contributed by atoms with van der Waals surface area (Å²) in [6.07, 6.45) is -4.52. The van der Waals surface area contributed by atoms with Crippen LogP contribution < -0.4 is 20.3 Å². The number of piperazine rings is 1. The SMILES string of the molecule is CCOc1ccccc1N1CCN(CC(=O)NC(=O)NCC(F)(F)F)CC1. The van der Waals surface area contributed by atoms with Gasteiger partial charge in [-0.25, -0.2) is 4.79 Å². The van der Waals surface area contributed by atoms with Crippen molar-refractivity contribution in [2.45, 2.75) is 13.1 Å². The van der Waals surface area contributed by atoms with Crippen molar-refractivity contribution < 1.29 is 27.5 Å². The van der Waals surface area contributed by atoms with Crippen molar-refractivity contribution in [2.24, 2.45) is 0 Å². The first-order chi connectivity index (χ1) is 12.8. The standard InChI is InChI=1S/C17H23F3N4O3/c1-2-27-14-6-4-3-5-13(14)24-9-7-23(8-10-24)11-15(25)22-16(26)21-12-17(18,19)20/h3-6H,2,7-12H2,1H3,(H2,21,22,25,26). The molecule has 150 valence electrons. The van der Waals surface area contributed by atoms with E-state index in [2.05, 4.69) is 4.90 Å². The maximum absolute atomic E-state index is 12.0. The highest BCUT2D eigenvalue weighted by Crippen LogP contribution is 2.28. The Kier molecular flexibility index (Phi) is 7.28. The number of benzene rings is 1. The van der Waals surface area contributed by atoms with Crippen LogP contribution in [0.25, 0.3) is 0 Å². The molecule has 0 aromatic heterocycles. The van der Waals surface area contributed by atoms with E-state index < -0.39 is 24.7 Å². The Hall–Kier alpha value is -2.49. The van der Waals surface area contributed by atoms with E-state index in [0.29, 0.717) is 32.8 Å². The van der Waals surface area contributed by atoms with Gasteiger partial charge in [0.2, 0.25) is 5.91 Å². The summed E-state index contributed by atoms with van der Waals surface area (Å²) in [5, 5.41) is 3.51. The Morgan fingerprint density at radius 3 is 2.44 bits per heavy atom. The summed E-state index contributed by atoms with van der Waals surface area (Å²) >= 11 is 0. The highest BCUT2D eigenvalue weighted by atomic mass is 19.4. The van der Waals surface area contributed by atoms with Gasteiger partial charge >= 0.3 is 12.2 Å². The Morgan fingerprint density at radius 2 is 1.81 bits per heavy atom. The minimum atomic E-state index is -4.52. The van der Waals surface area contributed by atoms with Crippen LogP contribution in [0.1, 0.15) is 6.92 Å².